The van der Waals surface area contributed by atoms with Crippen LogP contribution in [-0.2, 0) is 0 Å². The van der Waals surface area contributed by atoms with Gasteiger partial charge in [0.05, 0.1) is 23.8 Å². The zero-order chi connectivity index (χ0) is 23.9. The first-order valence-electron chi connectivity index (χ1n) is 11.2. The molecule has 168 valence electrons. The Balaban J connectivity index is 1.87. The number of Topliss-reactive ketones (excluding diaryl/α,β-unsaturated/α-hetero) is 1. The molecule has 0 fully saturated rings. The van der Waals surface area contributed by atoms with E-state index >= 15 is 0 Å². The highest BCUT2D eigenvalue weighted by Gasteiger charge is 2.25. The van der Waals surface area contributed by atoms with E-state index in [0.717, 1.165) is 22.3 Å². The number of fused-ring (bicyclic) bond motifs is 1. The molecule has 4 heteroatoms. The number of benzene rings is 3. The number of ketones is 1. The van der Waals surface area contributed by atoms with Gasteiger partial charge in [0.25, 0.3) is 0 Å². The van der Waals surface area contributed by atoms with Gasteiger partial charge >= 0.3 is 0 Å². The Hall–Kier alpha value is -4.36. The lowest BCUT2D eigenvalue weighted by atomic mass is 9.96. The Labute approximate surface area is 200 Å². The van der Waals surface area contributed by atoms with Crippen molar-refractivity contribution in [2.45, 2.75) is 19.4 Å². The molecule has 0 saturated heterocycles. The van der Waals surface area contributed by atoms with Crippen molar-refractivity contribution in [2.75, 3.05) is 6.61 Å². The molecule has 0 spiro atoms. The standard InChI is InChI=1S/C30H25NO3/c1-3-8-23(9-4-2)30(24-14-12-21(20-31)13-15-24)34-29-19-28-26(27(32)16-17-33-28)18-25(29)22-10-6-5-7-11-22/h3-15,18-19,30H,1,16-17H2,2H3/b9-4-,23-8+. The molecule has 4 rings (SSSR count). The normalized spacial score (nSPS) is 14.1. The molecular formula is C30H25NO3. The third kappa shape index (κ3) is 4.84. The number of nitrogens with zero attached hydrogens (tertiary/aromatic N) is 1. The van der Waals surface area contributed by atoms with Crippen molar-refractivity contribution in [1.29, 1.82) is 5.26 Å². The van der Waals surface area contributed by atoms with E-state index in [1.54, 1.807) is 18.2 Å². The smallest absolute Gasteiger partial charge is 0.170 e. The van der Waals surface area contributed by atoms with Crippen molar-refractivity contribution in [3.05, 3.63) is 120 Å². The summed E-state index contributed by atoms with van der Waals surface area (Å²) in [5.41, 5.74) is 4.69. The second-order valence-electron chi connectivity index (χ2n) is 7.87. The zero-order valence-electron chi connectivity index (χ0n) is 19.0. The fourth-order valence-electron chi connectivity index (χ4n) is 3.97. The van der Waals surface area contributed by atoms with Crippen LogP contribution in [0.3, 0.4) is 0 Å². The van der Waals surface area contributed by atoms with Crippen LogP contribution >= 0.6 is 0 Å². The summed E-state index contributed by atoms with van der Waals surface area (Å²) in [6, 6.07) is 23.0. The van der Waals surface area contributed by atoms with E-state index < -0.39 is 6.10 Å². The van der Waals surface area contributed by atoms with Gasteiger partial charge in [0.15, 0.2) is 5.78 Å². The predicted octanol–water partition coefficient (Wildman–Crippen LogP) is 7.00. The largest absolute Gasteiger partial charge is 0.492 e. The molecule has 0 saturated carbocycles. The molecule has 0 aliphatic carbocycles. The molecule has 0 amide bonds. The maximum atomic E-state index is 12.6. The van der Waals surface area contributed by atoms with Gasteiger partial charge in [-0.25, -0.2) is 0 Å². The van der Waals surface area contributed by atoms with Crippen molar-refractivity contribution < 1.29 is 14.3 Å². The van der Waals surface area contributed by atoms with E-state index in [1.165, 1.54) is 0 Å². The maximum absolute atomic E-state index is 12.6. The van der Waals surface area contributed by atoms with Crippen LogP contribution in [-0.4, -0.2) is 12.4 Å². The first kappa shape index (κ1) is 22.8. The molecule has 0 aromatic heterocycles. The van der Waals surface area contributed by atoms with Crippen LogP contribution in [0, 0.1) is 11.3 Å². The van der Waals surface area contributed by atoms with E-state index in [-0.39, 0.29) is 5.78 Å². The Morgan fingerprint density at radius 2 is 1.88 bits per heavy atom. The van der Waals surface area contributed by atoms with Gasteiger partial charge in [0.2, 0.25) is 0 Å². The van der Waals surface area contributed by atoms with Crippen molar-refractivity contribution in [1.82, 2.24) is 0 Å². The van der Waals surface area contributed by atoms with Crippen LogP contribution in [0.1, 0.15) is 40.9 Å². The second-order valence-corrected chi connectivity index (χ2v) is 7.87. The van der Waals surface area contributed by atoms with Gasteiger partial charge in [-0.15, -0.1) is 0 Å². The number of carbonyl (C=O) groups excluding carboxylic acids is 1. The average molecular weight is 448 g/mol. The van der Waals surface area contributed by atoms with Crippen molar-refractivity contribution >= 4 is 5.78 Å². The number of allylic oxidation sites excluding steroid dienone is 3. The molecule has 1 aliphatic heterocycles. The fourth-order valence-corrected chi connectivity index (χ4v) is 3.97. The minimum Gasteiger partial charge on any atom is -0.492 e. The summed E-state index contributed by atoms with van der Waals surface area (Å²) in [6.07, 6.45) is 7.45. The lowest BCUT2D eigenvalue weighted by molar-refractivity contribution is 0.0933. The highest BCUT2D eigenvalue weighted by molar-refractivity contribution is 6.01. The van der Waals surface area contributed by atoms with Gasteiger partial charge < -0.3 is 9.47 Å². The maximum Gasteiger partial charge on any atom is 0.170 e. The monoisotopic (exact) mass is 447 g/mol. The Bertz CT molecular complexity index is 1300. The van der Waals surface area contributed by atoms with Gasteiger partial charge in [-0.3, -0.25) is 4.79 Å². The first-order valence-corrected chi connectivity index (χ1v) is 11.2. The summed E-state index contributed by atoms with van der Waals surface area (Å²) in [6.45, 7) is 6.16. The molecule has 0 N–H and O–H groups in total. The summed E-state index contributed by atoms with van der Waals surface area (Å²) >= 11 is 0. The average Bonchev–Trinajstić information content (AvgIpc) is 2.88. The number of hydrogen-bond donors (Lipinski definition) is 0. The van der Waals surface area contributed by atoms with Crippen molar-refractivity contribution in [2.24, 2.45) is 0 Å². The molecule has 4 nitrogen and oxygen atoms in total. The number of ether oxygens (including phenoxy) is 2. The number of rotatable bonds is 7. The minimum atomic E-state index is -0.471. The van der Waals surface area contributed by atoms with E-state index in [1.807, 2.05) is 79.7 Å². The number of carbonyl (C=O) groups is 1. The van der Waals surface area contributed by atoms with Crippen molar-refractivity contribution in [3.8, 4) is 28.7 Å². The number of hydrogen-bond acceptors (Lipinski definition) is 4. The molecule has 1 heterocycles. The summed E-state index contributed by atoms with van der Waals surface area (Å²) in [5, 5.41) is 9.22. The third-order valence-corrected chi connectivity index (χ3v) is 5.61. The molecule has 3 aromatic carbocycles. The van der Waals surface area contributed by atoms with Crippen LogP contribution in [0.4, 0.5) is 0 Å². The highest BCUT2D eigenvalue weighted by atomic mass is 16.5. The van der Waals surface area contributed by atoms with Crippen molar-refractivity contribution in [3.63, 3.8) is 0 Å². The Morgan fingerprint density at radius 1 is 1.12 bits per heavy atom. The Kier molecular flexibility index (Phi) is 7.05. The lowest BCUT2D eigenvalue weighted by Crippen LogP contribution is -2.16. The van der Waals surface area contributed by atoms with Crippen LogP contribution < -0.4 is 9.47 Å². The number of nitriles is 1. The first-order chi connectivity index (χ1) is 16.6. The van der Waals surface area contributed by atoms with Gasteiger partial charge in [0.1, 0.15) is 17.6 Å². The van der Waals surface area contributed by atoms with E-state index in [4.69, 9.17) is 9.47 Å². The van der Waals surface area contributed by atoms with Crippen LogP contribution in [0.25, 0.3) is 11.1 Å². The fraction of sp³-hybridized carbons (Fsp3) is 0.133. The van der Waals surface area contributed by atoms with Crippen LogP contribution in [0.15, 0.2) is 103 Å². The topological polar surface area (TPSA) is 59.3 Å². The Morgan fingerprint density at radius 3 is 2.56 bits per heavy atom. The quantitative estimate of drug-likeness (QED) is 0.366. The lowest BCUT2D eigenvalue weighted by Gasteiger charge is -2.25. The predicted molar refractivity (Wildman–Crippen MR) is 134 cm³/mol. The second kappa shape index (κ2) is 10.5. The SMILES string of the molecule is C=C/C=C(\C=C/C)C(Oc1cc2c(cc1-c1ccccc1)C(=O)CCO2)c1ccc(C#N)cc1. The van der Waals surface area contributed by atoms with Crippen LogP contribution in [0.5, 0.6) is 11.5 Å². The third-order valence-electron chi connectivity index (χ3n) is 5.61. The molecule has 0 radical (unpaired) electrons. The van der Waals surface area contributed by atoms with Crippen LogP contribution in [0.2, 0.25) is 0 Å². The molecule has 1 aliphatic rings. The summed E-state index contributed by atoms with van der Waals surface area (Å²) < 4.78 is 12.5. The minimum absolute atomic E-state index is 0.0646. The van der Waals surface area contributed by atoms with Gasteiger partial charge in [0, 0.05) is 18.1 Å². The molecular weight excluding hydrogens is 422 g/mol. The summed E-state index contributed by atoms with van der Waals surface area (Å²) in [4.78, 5) is 12.6. The molecule has 34 heavy (non-hydrogen) atoms. The van der Waals surface area contributed by atoms with E-state index in [9.17, 15) is 10.1 Å². The van der Waals surface area contributed by atoms with Gasteiger partial charge in [-0.1, -0.05) is 73.3 Å². The molecule has 1 unspecified atom stereocenters. The summed E-state index contributed by atoms with van der Waals surface area (Å²) in [7, 11) is 0. The highest BCUT2D eigenvalue weighted by Crippen LogP contribution is 2.41. The summed E-state index contributed by atoms with van der Waals surface area (Å²) in [5.74, 6) is 1.20. The molecule has 3 aromatic rings. The van der Waals surface area contributed by atoms with E-state index in [0.29, 0.717) is 35.7 Å². The van der Waals surface area contributed by atoms with Gasteiger partial charge in [-0.05, 0) is 41.8 Å². The molecule has 0 bridgehead atoms. The zero-order valence-corrected chi connectivity index (χ0v) is 19.0. The molecule has 1 atom stereocenters. The van der Waals surface area contributed by atoms with Gasteiger partial charge in [-0.2, -0.15) is 5.26 Å². The van der Waals surface area contributed by atoms with E-state index in [2.05, 4.69) is 12.6 Å².